The zero-order valence-electron chi connectivity index (χ0n) is 9.96. The Kier molecular flexibility index (Phi) is 4.22. The maximum atomic E-state index is 11.4. The lowest BCUT2D eigenvalue weighted by Gasteiger charge is -2.28. The quantitative estimate of drug-likeness (QED) is 0.791. The lowest BCUT2D eigenvalue weighted by atomic mass is 9.83. The van der Waals surface area contributed by atoms with Crippen molar-refractivity contribution in [1.29, 1.82) is 0 Å². The summed E-state index contributed by atoms with van der Waals surface area (Å²) >= 11 is 1.58. The van der Waals surface area contributed by atoms with Gasteiger partial charge in [0.15, 0.2) is 0 Å². The highest BCUT2D eigenvalue weighted by Gasteiger charge is 2.29. The largest absolute Gasteiger partial charge is 0.264 e. The van der Waals surface area contributed by atoms with E-state index in [1.54, 1.807) is 11.3 Å². The summed E-state index contributed by atoms with van der Waals surface area (Å²) in [6.07, 6.45) is 6.60. The average Bonchev–Trinajstić information content (AvgIpc) is 2.79. The van der Waals surface area contributed by atoms with Crippen molar-refractivity contribution in [3.05, 3.63) is 22.4 Å². The Morgan fingerprint density at radius 1 is 1.35 bits per heavy atom. The molecule has 0 aliphatic heterocycles. The molecular weight excluding hydrogens is 256 g/mol. The monoisotopic (exact) mass is 274 g/mol. The van der Waals surface area contributed by atoms with Gasteiger partial charge in [-0.05, 0) is 41.1 Å². The summed E-state index contributed by atoms with van der Waals surface area (Å²) in [5, 5.41) is 3.96. The van der Waals surface area contributed by atoms with Crippen LogP contribution >= 0.6 is 11.3 Å². The number of thiophene rings is 1. The van der Waals surface area contributed by atoms with Crippen LogP contribution in [0.25, 0.3) is 0 Å². The van der Waals surface area contributed by atoms with E-state index >= 15 is 0 Å². The summed E-state index contributed by atoms with van der Waals surface area (Å²) in [6, 6.07) is 1.97. The van der Waals surface area contributed by atoms with Crippen LogP contribution in [-0.2, 0) is 14.3 Å². The van der Waals surface area contributed by atoms with Crippen molar-refractivity contribution in [1.82, 2.24) is 0 Å². The van der Waals surface area contributed by atoms with Crippen LogP contribution in [0.15, 0.2) is 16.8 Å². The third kappa shape index (κ3) is 3.79. The van der Waals surface area contributed by atoms with Gasteiger partial charge in [0.05, 0.1) is 6.26 Å². The van der Waals surface area contributed by atoms with Crippen molar-refractivity contribution in [2.24, 2.45) is 5.92 Å². The Balaban J connectivity index is 2.17. The molecule has 1 saturated carbocycles. The first-order valence-corrected chi connectivity index (χ1v) is 8.72. The SMILES string of the molecule is CS(=O)(=O)OC(c1ccsc1)C1CCCCC1. The number of hydrogen-bond acceptors (Lipinski definition) is 4. The minimum absolute atomic E-state index is 0.281. The molecule has 3 nitrogen and oxygen atoms in total. The predicted molar refractivity (Wildman–Crippen MR) is 69.6 cm³/mol. The summed E-state index contributed by atoms with van der Waals surface area (Å²) in [5.41, 5.74) is 1.01. The van der Waals surface area contributed by atoms with E-state index in [1.165, 1.54) is 19.3 Å². The molecule has 0 aromatic carbocycles. The molecule has 96 valence electrons. The highest BCUT2D eigenvalue weighted by molar-refractivity contribution is 7.86. The van der Waals surface area contributed by atoms with Gasteiger partial charge in [-0.15, -0.1) is 0 Å². The van der Waals surface area contributed by atoms with Gasteiger partial charge in [-0.2, -0.15) is 19.8 Å². The first-order chi connectivity index (χ1) is 8.06. The van der Waals surface area contributed by atoms with Crippen LogP contribution in [0.2, 0.25) is 0 Å². The zero-order chi connectivity index (χ0) is 12.3. The highest BCUT2D eigenvalue weighted by atomic mass is 32.2. The van der Waals surface area contributed by atoms with Crippen molar-refractivity contribution in [3.63, 3.8) is 0 Å². The van der Waals surface area contributed by atoms with Gasteiger partial charge in [-0.3, -0.25) is 4.18 Å². The molecule has 0 amide bonds. The molecule has 1 heterocycles. The second kappa shape index (κ2) is 5.50. The predicted octanol–water partition coefficient (Wildman–Crippen LogP) is 3.35. The molecule has 2 rings (SSSR count). The van der Waals surface area contributed by atoms with Gasteiger partial charge in [-0.25, -0.2) is 0 Å². The van der Waals surface area contributed by atoms with Crippen molar-refractivity contribution in [3.8, 4) is 0 Å². The van der Waals surface area contributed by atoms with E-state index in [-0.39, 0.29) is 6.10 Å². The Labute approximate surface area is 107 Å². The molecule has 0 radical (unpaired) electrons. The highest BCUT2D eigenvalue weighted by Crippen LogP contribution is 2.38. The molecule has 1 atom stereocenters. The summed E-state index contributed by atoms with van der Waals surface area (Å²) < 4.78 is 28.0. The summed E-state index contributed by atoms with van der Waals surface area (Å²) in [5.74, 6) is 0.341. The summed E-state index contributed by atoms with van der Waals surface area (Å²) in [7, 11) is -3.39. The minimum Gasteiger partial charge on any atom is -0.262 e. The number of rotatable bonds is 4. The van der Waals surface area contributed by atoms with Crippen molar-refractivity contribution >= 4 is 21.5 Å². The van der Waals surface area contributed by atoms with Gasteiger partial charge in [0.25, 0.3) is 10.1 Å². The van der Waals surface area contributed by atoms with Crippen molar-refractivity contribution in [2.45, 2.75) is 38.2 Å². The van der Waals surface area contributed by atoms with E-state index in [2.05, 4.69) is 0 Å². The maximum Gasteiger partial charge on any atom is 0.264 e. The maximum absolute atomic E-state index is 11.4. The minimum atomic E-state index is -3.39. The Bertz CT molecular complexity index is 430. The van der Waals surface area contributed by atoms with Gasteiger partial charge in [0, 0.05) is 0 Å². The molecule has 0 N–H and O–H groups in total. The molecule has 0 saturated heterocycles. The topological polar surface area (TPSA) is 43.4 Å². The normalized spacial score (nSPS) is 20.3. The molecule has 1 aromatic heterocycles. The first kappa shape index (κ1) is 13.1. The van der Waals surface area contributed by atoms with Gasteiger partial charge in [0.2, 0.25) is 0 Å². The van der Waals surface area contributed by atoms with Gasteiger partial charge >= 0.3 is 0 Å². The standard InChI is InChI=1S/C12H18O3S2/c1-17(13,14)15-12(11-7-8-16-9-11)10-5-3-2-4-6-10/h7-10,12H,2-6H2,1H3. The molecule has 1 aliphatic carbocycles. The van der Waals surface area contributed by atoms with Crippen LogP contribution < -0.4 is 0 Å². The van der Waals surface area contributed by atoms with E-state index in [4.69, 9.17) is 4.18 Å². The third-order valence-corrected chi connectivity index (χ3v) is 4.49. The van der Waals surface area contributed by atoms with Crippen LogP contribution in [0.4, 0.5) is 0 Å². The first-order valence-electron chi connectivity index (χ1n) is 5.96. The Morgan fingerprint density at radius 3 is 2.59 bits per heavy atom. The molecule has 0 spiro atoms. The van der Waals surface area contributed by atoms with Gasteiger partial charge in [-0.1, -0.05) is 19.3 Å². The molecule has 1 aromatic rings. The number of hydrogen-bond donors (Lipinski definition) is 0. The molecule has 0 bridgehead atoms. The third-order valence-electron chi connectivity index (χ3n) is 3.23. The van der Waals surface area contributed by atoms with Crippen LogP contribution in [0.1, 0.15) is 43.8 Å². The molecular formula is C12H18O3S2. The molecule has 17 heavy (non-hydrogen) atoms. The molecule has 5 heteroatoms. The zero-order valence-corrected chi connectivity index (χ0v) is 11.6. The fourth-order valence-electron chi connectivity index (χ4n) is 2.47. The van der Waals surface area contributed by atoms with Gasteiger partial charge in [0.1, 0.15) is 6.10 Å². The molecule has 1 unspecified atom stereocenters. The van der Waals surface area contributed by atoms with E-state index in [9.17, 15) is 8.42 Å². The van der Waals surface area contributed by atoms with Gasteiger partial charge < -0.3 is 0 Å². The smallest absolute Gasteiger partial charge is 0.262 e. The fourth-order valence-corrected chi connectivity index (χ4v) is 3.80. The lowest BCUT2D eigenvalue weighted by Crippen LogP contribution is -2.21. The van der Waals surface area contributed by atoms with E-state index in [0.29, 0.717) is 5.92 Å². The van der Waals surface area contributed by atoms with Crippen LogP contribution in [-0.4, -0.2) is 14.7 Å². The van der Waals surface area contributed by atoms with E-state index in [1.807, 2.05) is 16.8 Å². The van der Waals surface area contributed by atoms with E-state index in [0.717, 1.165) is 24.7 Å². The summed E-state index contributed by atoms with van der Waals surface area (Å²) in [6.45, 7) is 0. The Hall–Kier alpha value is -0.390. The van der Waals surface area contributed by atoms with Crippen LogP contribution in [0.5, 0.6) is 0 Å². The summed E-state index contributed by atoms with van der Waals surface area (Å²) in [4.78, 5) is 0. The second-order valence-electron chi connectivity index (χ2n) is 4.68. The van der Waals surface area contributed by atoms with Crippen LogP contribution in [0, 0.1) is 5.92 Å². The second-order valence-corrected chi connectivity index (χ2v) is 7.06. The fraction of sp³-hybridized carbons (Fsp3) is 0.667. The van der Waals surface area contributed by atoms with Crippen LogP contribution in [0.3, 0.4) is 0 Å². The van der Waals surface area contributed by atoms with E-state index < -0.39 is 10.1 Å². The Morgan fingerprint density at radius 2 is 2.06 bits per heavy atom. The lowest BCUT2D eigenvalue weighted by molar-refractivity contribution is 0.116. The molecule has 1 aliphatic rings. The average molecular weight is 274 g/mol. The van der Waals surface area contributed by atoms with Crippen molar-refractivity contribution < 1.29 is 12.6 Å². The van der Waals surface area contributed by atoms with Crippen molar-refractivity contribution in [2.75, 3.05) is 6.26 Å². The molecule has 1 fully saturated rings.